The van der Waals surface area contributed by atoms with Crippen LogP contribution in [0.15, 0.2) is 4.99 Å². The molecule has 25 heavy (non-hydrogen) atoms. The summed E-state index contributed by atoms with van der Waals surface area (Å²) < 4.78 is 0. The number of aliphatic imine (C=N–C) groups is 1. The maximum atomic E-state index is 4.94. The van der Waals surface area contributed by atoms with Crippen molar-refractivity contribution in [1.82, 2.24) is 20.4 Å². The van der Waals surface area contributed by atoms with Crippen LogP contribution in [0.3, 0.4) is 0 Å². The van der Waals surface area contributed by atoms with Crippen molar-refractivity contribution in [1.29, 1.82) is 0 Å². The number of likely N-dealkylation sites (tertiary alicyclic amines) is 2. The number of hydrogen-bond acceptors (Lipinski definition) is 3. The van der Waals surface area contributed by atoms with Gasteiger partial charge in [-0.25, -0.2) is 0 Å². The second-order valence-electron chi connectivity index (χ2n) is 8.11. The Labute approximate surface area is 155 Å². The highest BCUT2D eigenvalue weighted by Gasteiger charge is 2.22. The zero-order chi connectivity index (χ0) is 18.1. The first-order valence-electron chi connectivity index (χ1n) is 10.6. The fourth-order valence-electron chi connectivity index (χ4n) is 4.17. The standard InChI is InChI=1S/C20H41N5/c1-5-21-20(22-15-19-9-7-8-12-25(19)6-2)23-18-10-13-24(14-11-18)16-17(3)4/h17-19H,5-16H2,1-4H3,(H2,21,22,23). The molecular formula is C20H41N5. The fourth-order valence-corrected chi connectivity index (χ4v) is 4.17. The first kappa shape index (κ1) is 20.5. The van der Waals surface area contributed by atoms with Crippen LogP contribution >= 0.6 is 0 Å². The molecular weight excluding hydrogens is 310 g/mol. The third-order valence-corrected chi connectivity index (χ3v) is 5.51. The number of guanidine groups is 1. The van der Waals surface area contributed by atoms with Gasteiger partial charge < -0.3 is 15.5 Å². The van der Waals surface area contributed by atoms with Gasteiger partial charge in [-0.2, -0.15) is 0 Å². The lowest BCUT2D eigenvalue weighted by molar-refractivity contribution is 0.161. The SMILES string of the molecule is CCNC(=NCC1CCCCN1CC)NC1CCN(CC(C)C)CC1. The molecule has 1 unspecified atom stereocenters. The van der Waals surface area contributed by atoms with Gasteiger partial charge in [0.2, 0.25) is 0 Å². The van der Waals surface area contributed by atoms with Gasteiger partial charge in [0.1, 0.15) is 0 Å². The maximum Gasteiger partial charge on any atom is 0.191 e. The van der Waals surface area contributed by atoms with Crippen molar-refractivity contribution in [3.63, 3.8) is 0 Å². The van der Waals surface area contributed by atoms with Crippen LogP contribution in [0, 0.1) is 5.92 Å². The molecule has 2 N–H and O–H groups in total. The Morgan fingerprint density at radius 1 is 1.08 bits per heavy atom. The highest BCUT2D eigenvalue weighted by Crippen LogP contribution is 2.17. The van der Waals surface area contributed by atoms with Crippen LogP contribution in [0.2, 0.25) is 0 Å². The van der Waals surface area contributed by atoms with E-state index in [2.05, 4.69) is 48.1 Å². The van der Waals surface area contributed by atoms with Crippen LogP contribution in [0.5, 0.6) is 0 Å². The van der Waals surface area contributed by atoms with Gasteiger partial charge >= 0.3 is 0 Å². The van der Waals surface area contributed by atoms with Crippen LogP contribution in [-0.4, -0.2) is 73.7 Å². The Hall–Kier alpha value is -0.810. The Morgan fingerprint density at radius 2 is 1.84 bits per heavy atom. The Bertz CT molecular complexity index is 388. The number of likely N-dealkylation sites (N-methyl/N-ethyl adjacent to an activating group) is 1. The second-order valence-corrected chi connectivity index (χ2v) is 8.11. The van der Waals surface area contributed by atoms with Crippen molar-refractivity contribution in [2.45, 2.75) is 71.9 Å². The molecule has 2 aliphatic heterocycles. The van der Waals surface area contributed by atoms with E-state index in [9.17, 15) is 0 Å². The van der Waals surface area contributed by atoms with Crippen molar-refractivity contribution in [2.24, 2.45) is 10.9 Å². The van der Waals surface area contributed by atoms with E-state index in [-0.39, 0.29) is 0 Å². The molecule has 0 aliphatic carbocycles. The summed E-state index contributed by atoms with van der Waals surface area (Å²) in [6.07, 6.45) is 6.45. The molecule has 146 valence electrons. The van der Waals surface area contributed by atoms with E-state index in [4.69, 9.17) is 4.99 Å². The first-order valence-corrected chi connectivity index (χ1v) is 10.6. The summed E-state index contributed by atoms with van der Waals surface area (Å²) in [5.74, 6) is 1.78. The van der Waals surface area contributed by atoms with Crippen molar-refractivity contribution in [2.75, 3.05) is 45.8 Å². The maximum absolute atomic E-state index is 4.94. The lowest BCUT2D eigenvalue weighted by atomic mass is 10.0. The number of nitrogens with zero attached hydrogens (tertiary/aromatic N) is 3. The van der Waals surface area contributed by atoms with E-state index in [1.807, 2.05) is 0 Å². The summed E-state index contributed by atoms with van der Waals surface area (Å²) >= 11 is 0. The minimum atomic E-state index is 0.565. The Kier molecular flexibility index (Phi) is 9.04. The summed E-state index contributed by atoms with van der Waals surface area (Å²) in [6.45, 7) is 17.0. The van der Waals surface area contributed by atoms with Crippen LogP contribution in [-0.2, 0) is 0 Å². The summed E-state index contributed by atoms with van der Waals surface area (Å²) in [6, 6.07) is 1.19. The molecule has 2 heterocycles. The predicted molar refractivity (Wildman–Crippen MR) is 108 cm³/mol. The van der Waals surface area contributed by atoms with E-state index in [1.165, 1.54) is 58.3 Å². The van der Waals surface area contributed by atoms with Gasteiger partial charge in [-0.15, -0.1) is 0 Å². The molecule has 0 spiro atoms. The largest absolute Gasteiger partial charge is 0.357 e. The molecule has 2 aliphatic rings. The molecule has 0 aromatic carbocycles. The van der Waals surface area contributed by atoms with E-state index in [0.717, 1.165) is 31.5 Å². The molecule has 2 saturated heterocycles. The van der Waals surface area contributed by atoms with Crippen molar-refractivity contribution < 1.29 is 0 Å². The lowest BCUT2D eigenvalue weighted by Crippen LogP contribution is -2.49. The summed E-state index contributed by atoms with van der Waals surface area (Å²) in [5.41, 5.74) is 0. The average Bonchev–Trinajstić information content (AvgIpc) is 2.61. The minimum absolute atomic E-state index is 0.565. The molecule has 2 rings (SSSR count). The van der Waals surface area contributed by atoms with Crippen molar-refractivity contribution >= 4 is 5.96 Å². The number of nitrogens with one attached hydrogen (secondary N) is 2. The molecule has 0 amide bonds. The second kappa shape index (κ2) is 11.0. The first-order chi connectivity index (χ1) is 12.1. The van der Waals surface area contributed by atoms with Gasteiger partial charge in [0.05, 0.1) is 6.54 Å². The van der Waals surface area contributed by atoms with Crippen molar-refractivity contribution in [3.05, 3.63) is 0 Å². The number of hydrogen-bond donors (Lipinski definition) is 2. The smallest absolute Gasteiger partial charge is 0.191 e. The molecule has 5 heteroatoms. The van der Waals surface area contributed by atoms with Gasteiger partial charge in [0, 0.05) is 38.3 Å². The van der Waals surface area contributed by atoms with Gasteiger partial charge in [0.25, 0.3) is 0 Å². The van der Waals surface area contributed by atoms with E-state index in [1.54, 1.807) is 0 Å². The van der Waals surface area contributed by atoms with E-state index >= 15 is 0 Å². The summed E-state index contributed by atoms with van der Waals surface area (Å²) in [7, 11) is 0. The summed E-state index contributed by atoms with van der Waals surface area (Å²) in [4.78, 5) is 10.1. The molecule has 0 aromatic rings. The number of piperidine rings is 2. The Balaban J connectivity index is 1.81. The lowest BCUT2D eigenvalue weighted by Gasteiger charge is -2.35. The van der Waals surface area contributed by atoms with Crippen LogP contribution in [0.25, 0.3) is 0 Å². The van der Waals surface area contributed by atoms with Crippen LogP contribution < -0.4 is 10.6 Å². The van der Waals surface area contributed by atoms with Gasteiger partial charge in [-0.1, -0.05) is 27.2 Å². The normalized spacial score (nSPS) is 24.7. The van der Waals surface area contributed by atoms with E-state index in [0.29, 0.717) is 12.1 Å². The predicted octanol–water partition coefficient (Wildman–Crippen LogP) is 2.54. The van der Waals surface area contributed by atoms with Gasteiger partial charge in [0.15, 0.2) is 5.96 Å². The van der Waals surface area contributed by atoms with E-state index < -0.39 is 0 Å². The highest BCUT2D eigenvalue weighted by molar-refractivity contribution is 5.80. The quantitative estimate of drug-likeness (QED) is 0.546. The topological polar surface area (TPSA) is 42.9 Å². The van der Waals surface area contributed by atoms with Crippen molar-refractivity contribution in [3.8, 4) is 0 Å². The van der Waals surface area contributed by atoms with Crippen LogP contribution in [0.1, 0.15) is 59.8 Å². The average molecular weight is 352 g/mol. The highest BCUT2D eigenvalue weighted by atomic mass is 15.2. The molecule has 5 nitrogen and oxygen atoms in total. The molecule has 0 aromatic heterocycles. The monoisotopic (exact) mass is 351 g/mol. The fraction of sp³-hybridized carbons (Fsp3) is 0.950. The Morgan fingerprint density at radius 3 is 2.48 bits per heavy atom. The zero-order valence-electron chi connectivity index (χ0n) is 17.1. The minimum Gasteiger partial charge on any atom is -0.357 e. The molecule has 1 atom stereocenters. The third-order valence-electron chi connectivity index (χ3n) is 5.51. The third kappa shape index (κ3) is 7.14. The number of rotatable bonds is 7. The molecule has 0 saturated carbocycles. The van der Waals surface area contributed by atoms with Gasteiger partial charge in [-0.05, 0) is 51.6 Å². The zero-order valence-corrected chi connectivity index (χ0v) is 17.1. The molecule has 2 fully saturated rings. The van der Waals surface area contributed by atoms with Gasteiger partial charge in [-0.3, -0.25) is 9.89 Å². The molecule has 0 bridgehead atoms. The summed E-state index contributed by atoms with van der Waals surface area (Å²) in [5, 5.41) is 7.15. The molecule has 0 radical (unpaired) electrons. The van der Waals surface area contributed by atoms with Crippen LogP contribution in [0.4, 0.5) is 0 Å².